The van der Waals surface area contributed by atoms with E-state index in [1.54, 1.807) is 12.1 Å². The number of rotatable bonds is 4. The van der Waals surface area contributed by atoms with E-state index in [1.165, 1.54) is 37.7 Å². The van der Waals surface area contributed by atoms with Crippen LogP contribution in [0.25, 0.3) is 0 Å². The van der Waals surface area contributed by atoms with Crippen molar-refractivity contribution < 1.29 is 8.42 Å². The molecule has 2 atom stereocenters. The van der Waals surface area contributed by atoms with Gasteiger partial charge in [-0.1, -0.05) is 38.3 Å². The molecule has 1 aliphatic carbocycles. The van der Waals surface area contributed by atoms with Crippen molar-refractivity contribution in [3.05, 3.63) is 29.8 Å². The Morgan fingerprint density at radius 2 is 1.71 bits per heavy atom. The van der Waals surface area contributed by atoms with Crippen LogP contribution in [0.3, 0.4) is 0 Å². The standard InChI is InChI=1S/C19H30N2O2S/c1-15-14-21(2)13-12-19(15)20-24(22,23)18-10-8-17(9-11-18)16-6-4-3-5-7-16/h8-11,15-16,19-20H,3-7,12-14H2,1-2H3/t15-,19-/m1/s1. The summed E-state index contributed by atoms with van der Waals surface area (Å²) < 4.78 is 28.3. The van der Waals surface area contributed by atoms with Crippen LogP contribution >= 0.6 is 0 Å². The minimum absolute atomic E-state index is 0.0317. The lowest BCUT2D eigenvalue weighted by atomic mass is 9.84. The van der Waals surface area contributed by atoms with Crippen LogP contribution in [-0.4, -0.2) is 39.5 Å². The lowest BCUT2D eigenvalue weighted by Gasteiger charge is -2.34. The first-order valence-electron chi connectivity index (χ1n) is 9.26. The molecular formula is C19H30N2O2S. The molecule has 1 aromatic carbocycles. The second kappa shape index (κ2) is 7.54. The van der Waals surface area contributed by atoms with Crippen LogP contribution in [0.1, 0.15) is 56.9 Å². The third-order valence-corrected chi connectivity index (χ3v) is 7.19. The summed E-state index contributed by atoms with van der Waals surface area (Å²) in [4.78, 5) is 2.65. The summed E-state index contributed by atoms with van der Waals surface area (Å²) >= 11 is 0. The molecule has 1 saturated heterocycles. The summed E-state index contributed by atoms with van der Waals surface area (Å²) in [5.74, 6) is 0.942. The van der Waals surface area contributed by atoms with Gasteiger partial charge in [0.05, 0.1) is 4.90 Å². The molecule has 1 saturated carbocycles. The maximum Gasteiger partial charge on any atom is 0.240 e. The Labute approximate surface area is 146 Å². The third-order valence-electron chi connectivity index (χ3n) is 5.68. The molecule has 0 amide bonds. The topological polar surface area (TPSA) is 49.4 Å². The number of hydrogen-bond donors (Lipinski definition) is 1. The van der Waals surface area contributed by atoms with Gasteiger partial charge in [0.1, 0.15) is 0 Å². The van der Waals surface area contributed by atoms with E-state index in [1.807, 2.05) is 12.1 Å². The van der Waals surface area contributed by atoms with Crippen molar-refractivity contribution in [1.29, 1.82) is 0 Å². The van der Waals surface area contributed by atoms with Crippen LogP contribution in [0.4, 0.5) is 0 Å². The molecule has 24 heavy (non-hydrogen) atoms. The van der Waals surface area contributed by atoms with Gasteiger partial charge in [-0.15, -0.1) is 0 Å². The van der Waals surface area contributed by atoms with Gasteiger partial charge in [0.25, 0.3) is 0 Å². The van der Waals surface area contributed by atoms with Gasteiger partial charge in [-0.2, -0.15) is 0 Å². The smallest absolute Gasteiger partial charge is 0.240 e. The van der Waals surface area contributed by atoms with E-state index in [-0.39, 0.29) is 6.04 Å². The molecule has 5 heteroatoms. The zero-order chi connectivity index (χ0) is 17.2. The summed E-state index contributed by atoms with van der Waals surface area (Å²) in [5.41, 5.74) is 1.29. The number of likely N-dealkylation sites (tertiary alicyclic amines) is 1. The summed E-state index contributed by atoms with van der Waals surface area (Å²) in [7, 11) is -1.34. The van der Waals surface area contributed by atoms with Gasteiger partial charge in [-0.05, 0) is 62.4 Å². The summed E-state index contributed by atoms with van der Waals surface area (Å²) in [6.45, 7) is 4.00. The van der Waals surface area contributed by atoms with E-state index < -0.39 is 10.0 Å². The zero-order valence-corrected chi connectivity index (χ0v) is 15.7. The van der Waals surface area contributed by atoms with Crippen LogP contribution in [0.5, 0.6) is 0 Å². The van der Waals surface area contributed by atoms with Crippen LogP contribution in [-0.2, 0) is 10.0 Å². The zero-order valence-electron chi connectivity index (χ0n) is 14.9. The Bertz CT molecular complexity index is 636. The van der Waals surface area contributed by atoms with Gasteiger partial charge < -0.3 is 4.90 Å². The van der Waals surface area contributed by atoms with E-state index in [2.05, 4.69) is 23.6 Å². The quantitative estimate of drug-likeness (QED) is 0.906. The molecule has 1 N–H and O–H groups in total. The first-order chi connectivity index (χ1) is 11.5. The molecule has 3 rings (SSSR count). The van der Waals surface area contributed by atoms with Crippen molar-refractivity contribution in [2.75, 3.05) is 20.1 Å². The lowest BCUT2D eigenvalue weighted by molar-refractivity contribution is 0.188. The molecule has 0 radical (unpaired) electrons. The third kappa shape index (κ3) is 4.19. The normalized spacial score (nSPS) is 27.2. The van der Waals surface area contributed by atoms with E-state index in [0.29, 0.717) is 16.7 Å². The lowest BCUT2D eigenvalue weighted by Crippen LogP contribution is -2.48. The maximum absolute atomic E-state index is 12.7. The number of benzene rings is 1. The van der Waals surface area contributed by atoms with Crippen molar-refractivity contribution in [3.63, 3.8) is 0 Å². The molecule has 1 heterocycles. The average Bonchev–Trinajstić information content (AvgIpc) is 2.58. The fourth-order valence-corrected chi connectivity index (χ4v) is 5.53. The molecule has 2 fully saturated rings. The number of hydrogen-bond acceptors (Lipinski definition) is 3. The molecule has 134 valence electrons. The second-order valence-electron chi connectivity index (χ2n) is 7.66. The van der Waals surface area contributed by atoms with Gasteiger partial charge >= 0.3 is 0 Å². The van der Waals surface area contributed by atoms with Crippen molar-refractivity contribution in [2.45, 2.75) is 62.3 Å². The van der Waals surface area contributed by atoms with E-state index in [9.17, 15) is 8.42 Å². The molecule has 0 aromatic heterocycles. The second-order valence-corrected chi connectivity index (χ2v) is 9.37. The van der Waals surface area contributed by atoms with E-state index >= 15 is 0 Å². The molecule has 1 aromatic rings. The first kappa shape index (κ1) is 17.9. The SMILES string of the molecule is C[C@@H]1CN(C)CC[C@H]1NS(=O)(=O)c1ccc(C2CCCCC2)cc1. The van der Waals surface area contributed by atoms with Gasteiger partial charge in [-0.3, -0.25) is 0 Å². The predicted octanol–water partition coefficient (Wildman–Crippen LogP) is 3.35. The fourth-order valence-electron chi connectivity index (χ4n) is 4.15. The minimum Gasteiger partial charge on any atom is -0.306 e. The highest BCUT2D eigenvalue weighted by Gasteiger charge is 2.28. The highest BCUT2D eigenvalue weighted by Crippen LogP contribution is 2.33. The Hall–Kier alpha value is -0.910. The molecule has 4 nitrogen and oxygen atoms in total. The van der Waals surface area contributed by atoms with Crippen LogP contribution in [0, 0.1) is 5.92 Å². The molecule has 0 unspecified atom stereocenters. The summed E-state index contributed by atoms with van der Waals surface area (Å²) in [6, 6.07) is 7.63. The van der Waals surface area contributed by atoms with E-state index in [0.717, 1.165) is 19.5 Å². The number of piperidine rings is 1. The van der Waals surface area contributed by atoms with E-state index in [4.69, 9.17) is 0 Å². The Kier molecular flexibility index (Phi) is 5.63. The van der Waals surface area contributed by atoms with Crippen LogP contribution < -0.4 is 4.72 Å². The monoisotopic (exact) mass is 350 g/mol. The Morgan fingerprint density at radius 3 is 2.33 bits per heavy atom. The average molecular weight is 351 g/mol. The summed E-state index contributed by atoms with van der Waals surface area (Å²) in [5, 5.41) is 0. The van der Waals surface area contributed by atoms with Gasteiger partial charge in [0.15, 0.2) is 0 Å². The predicted molar refractivity (Wildman–Crippen MR) is 97.7 cm³/mol. The van der Waals surface area contributed by atoms with Crippen molar-refractivity contribution in [3.8, 4) is 0 Å². The maximum atomic E-state index is 12.7. The van der Waals surface area contributed by atoms with Crippen LogP contribution in [0.15, 0.2) is 29.2 Å². The highest BCUT2D eigenvalue weighted by molar-refractivity contribution is 7.89. The molecule has 0 bridgehead atoms. The van der Waals surface area contributed by atoms with Gasteiger partial charge in [0.2, 0.25) is 10.0 Å². The van der Waals surface area contributed by atoms with Gasteiger partial charge in [-0.25, -0.2) is 13.1 Å². The fraction of sp³-hybridized carbons (Fsp3) is 0.684. The Morgan fingerprint density at radius 1 is 1.04 bits per heavy atom. The van der Waals surface area contributed by atoms with Crippen molar-refractivity contribution in [1.82, 2.24) is 9.62 Å². The number of sulfonamides is 1. The Balaban J connectivity index is 1.68. The largest absolute Gasteiger partial charge is 0.306 e. The highest BCUT2D eigenvalue weighted by atomic mass is 32.2. The van der Waals surface area contributed by atoms with Gasteiger partial charge in [0, 0.05) is 12.6 Å². The van der Waals surface area contributed by atoms with Crippen molar-refractivity contribution >= 4 is 10.0 Å². The summed E-state index contributed by atoms with van der Waals surface area (Å²) in [6.07, 6.45) is 7.26. The first-order valence-corrected chi connectivity index (χ1v) is 10.7. The number of nitrogens with zero attached hydrogens (tertiary/aromatic N) is 1. The molecule has 0 spiro atoms. The number of nitrogens with one attached hydrogen (secondary N) is 1. The molecule has 2 aliphatic rings. The van der Waals surface area contributed by atoms with Crippen molar-refractivity contribution in [2.24, 2.45) is 5.92 Å². The van der Waals surface area contributed by atoms with Crippen LogP contribution in [0.2, 0.25) is 0 Å². The minimum atomic E-state index is -3.43. The molecular weight excluding hydrogens is 320 g/mol. The molecule has 1 aliphatic heterocycles.